The molecule has 2 nitrogen and oxygen atoms in total. The van der Waals surface area contributed by atoms with Crippen LogP contribution in [0.5, 0.6) is 0 Å². The van der Waals surface area contributed by atoms with E-state index in [-0.39, 0.29) is 51.4 Å². The minimum Gasteiger partial charge on any atom is -0.660 e. The predicted octanol–water partition coefficient (Wildman–Crippen LogP) is -0.171. The van der Waals surface area contributed by atoms with Crippen LogP contribution in [0.4, 0.5) is 0 Å². The average Bonchev–Trinajstić information content (AvgIpc) is 2.30. The monoisotopic (exact) mass is 242 g/mol. The Labute approximate surface area is 141 Å². The second-order valence-corrected chi connectivity index (χ2v) is 4.39. The van der Waals surface area contributed by atoms with E-state index in [9.17, 15) is 0 Å². The van der Waals surface area contributed by atoms with Crippen LogP contribution in [0.3, 0.4) is 0 Å². The molecular weight excluding hydrogens is 223 g/mol. The van der Waals surface area contributed by atoms with Crippen LogP contribution in [0, 0.1) is 0 Å². The number of hydrogen-bond donors (Lipinski definition) is 0. The van der Waals surface area contributed by atoms with Gasteiger partial charge in [-0.2, -0.15) is 0 Å². The van der Waals surface area contributed by atoms with Gasteiger partial charge in [-0.05, 0) is 26.0 Å². The quantitative estimate of drug-likeness (QED) is 0.658. The third-order valence-electron chi connectivity index (χ3n) is 3.07. The van der Waals surface area contributed by atoms with E-state index in [1.54, 1.807) is 0 Å². The first-order chi connectivity index (χ1) is 7.29. The summed E-state index contributed by atoms with van der Waals surface area (Å²) in [7, 11) is 0. The molecule has 1 aromatic rings. The fourth-order valence-corrected chi connectivity index (χ4v) is 2.25. The smallest absolute Gasteiger partial charge is 0.660 e. The number of nitrogens with zero attached hydrogens (tertiary/aromatic N) is 2. The zero-order valence-corrected chi connectivity index (χ0v) is 13.7. The Balaban J connectivity index is 0.00000128. The van der Waals surface area contributed by atoms with Crippen molar-refractivity contribution in [2.45, 2.75) is 25.9 Å². The first-order valence-electron chi connectivity index (χ1n) is 5.73. The molecule has 3 heteroatoms. The van der Waals surface area contributed by atoms with Crippen molar-refractivity contribution in [3.8, 4) is 0 Å². The molecule has 0 spiro atoms. The van der Waals surface area contributed by atoms with E-state index in [0.29, 0.717) is 12.1 Å². The van der Waals surface area contributed by atoms with Crippen LogP contribution in [-0.2, 0) is 0 Å². The van der Waals surface area contributed by atoms with Gasteiger partial charge in [0.2, 0.25) is 0 Å². The van der Waals surface area contributed by atoms with Crippen LogP contribution in [0.2, 0.25) is 0 Å². The van der Waals surface area contributed by atoms with Crippen LogP contribution >= 0.6 is 0 Å². The maximum Gasteiger partial charge on any atom is 1.00 e. The molecule has 1 heterocycles. The van der Waals surface area contributed by atoms with Crippen LogP contribution < -0.4 is 51.4 Å². The first-order valence-corrected chi connectivity index (χ1v) is 5.73. The molecular formula is C13H19KN2. The van der Waals surface area contributed by atoms with Crippen molar-refractivity contribution in [2.24, 2.45) is 0 Å². The molecule has 0 amide bonds. The Morgan fingerprint density at radius 2 is 1.94 bits per heavy atom. The topological polar surface area (TPSA) is 17.3 Å². The van der Waals surface area contributed by atoms with Crippen molar-refractivity contribution in [1.29, 1.82) is 0 Å². The van der Waals surface area contributed by atoms with Gasteiger partial charge in [-0.25, -0.2) is 0 Å². The third kappa shape index (κ3) is 3.63. The van der Waals surface area contributed by atoms with E-state index >= 15 is 0 Å². The first kappa shape index (κ1) is 14.8. The van der Waals surface area contributed by atoms with Crippen molar-refractivity contribution < 1.29 is 51.4 Å². The molecule has 82 valence electrons. The fourth-order valence-electron chi connectivity index (χ4n) is 2.25. The van der Waals surface area contributed by atoms with E-state index in [2.05, 4.69) is 54.4 Å². The summed E-state index contributed by atoms with van der Waals surface area (Å²) in [4.78, 5) is 2.54. The van der Waals surface area contributed by atoms with Crippen molar-refractivity contribution in [2.75, 3.05) is 19.6 Å². The van der Waals surface area contributed by atoms with E-state index in [1.165, 1.54) is 5.56 Å². The van der Waals surface area contributed by atoms with Crippen LogP contribution in [0.1, 0.15) is 25.5 Å². The molecule has 0 saturated carbocycles. The SMILES string of the molecule is CC(C)N1CC[N-]CC1c1ccccc1.[K+]. The second-order valence-electron chi connectivity index (χ2n) is 4.39. The molecule has 16 heavy (non-hydrogen) atoms. The van der Waals surface area contributed by atoms with Crippen molar-refractivity contribution >= 4 is 0 Å². The molecule has 1 aliphatic rings. The largest absolute Gasteiger partial charge is 1.00 e. The van der Waals surface area contributed by atoms with Gasteiger partial charge in [0.1, 0.15) is 0 Å². The molecule has 0 bridgehead atoms. The molecule has 0 radical (unpaired) electrons. The molecule has 2 rings (SSSR count). The van der Waals surface area contributed by atoms with Gasteiger partial charge in [0.05, 0.1) is 0 Å². The molecule has 1 aromatic carbocycles. The standard InChI is InChI=1S/C13H19N2.K/c1-11(2)15-9-8-14-10-13(15)12-6-4-3-5-7-12;/h3-7,11,13H,8-10H2,1-2H3;/q-1;+1. The van der Waals surface area contributed by atoms with Gasteiger partial charge < -0.3 is 5.32 Å². The maximum absolute atomic E-state index is 4.53. The normalized spacial score (nSPS) is 21.8. The van der Waals surface area contributed by atoms with Crippen LogP contribution in [0.15, 0.2) is 30.3 Å². The number of hydrogen-bond acceptors (Lipinski definition) is 1. The van der Waals surface area contributed by atoms with Crippen molar-refractivity contribution in [1.82, 2.24) is 4.90 Å². The van der Waals surface area contributed by atoms with Crippen LogP contribution in [0.25, 0.3) is 5.32 Å². The predicted molar refractivity (Wildman–Crippen MR) is 64.1 cm³/mol. The van der Waals surface area contributed by atoms with Gasteiger partial charge in [-0.3, -0.25) is 4.90 Å². The summed E-state index contributed by atoms with van der Waals surface area (Å²) in [6.07, 6.45) is 0. The van der Waals surface area contributed by atoms with Gasteiger partial charge in [0.15, 0.2) is 0 Å². The minimum atomic E-state index is 0. The summed E-state index contributed by atoms with van der Waals surface area (Å²) < 4.78 is 0. The Bertz CT molecular complexity index is 300. The Morgan fingerprint density at radius 3 is 2.56 bits per heavy atom. The van der Waals surface area contributed by atoms with Gasteiger partial charge in [0.25, 0.3) is 0 Å². The summed E-state index contributed by atoms with van der Waals surface area (Å²) in [6.45, 7) is 7.56. The van der Waals surface area contributed by atoms with E-state index < -0.39 is 0 Å². The number of rotatable bonds is 2. The minimum absolute atomic E-state index is 0. The van der Waals surface area contributed by atoms with Gasteiger partial charge >= 0.3 is 51.4 Å². The zero-order chi connectivity index (χ0) is 10.7. The second kappa shape index (κ2) is 7.26. The molecule has 1 atom stereocenters. The molecule has 0 N–H and O–H groups in total. The molecule has 0 aliphatic carbocycles. The van der Waals surface area contributed by atoms with Crippen LogP contribution in [-0.4, -0.2) is 30.6 Å². The zero-order valence-electron chi connectivity index (χ0n) is 10.6. The van der Waals surface area contributed by atoms with Crippen molar-refractivity contribution in [3.63, 3.8) is 0 Å². The summed E-state index contributed by atoms with van der Waals surface area (Å²) >= 11 is 0. The van der Waals surface area contributed by atoms with E-state index in [4.69, 9.17) is 0 Å². The molecule has 1 unspecified atom stereocenters. The Kier molecular flexibility index (Phi) is 6.74. The molecule has 1 fully saturated rings. The van der Waals surface area contributed by atoms with E-state index in [1.807, 2.05) is 0 Å². The summed E-state index contributed by atoms with van der Waals surface area (Å²) in [5.41, 5.74) is 1.40. The molecule has 0 aromatic heterocycles. The summed E-state index contributed by atoms with van der Waals surface area (Å²) in [5.74, 6) is 0. The maximum atomic E-state index is 4.53. The van der Waals surface area contributed by atoms with E-state index in [0.717, 1.165) is 19.6 Å². The van der Waals surface area contributed by atoms with Crippen molar-refractivity contribution in [3.05, 3.63) is 41.2 Å². The van der Waals surface area contributed by atoms with Gasteiger partial charge in [0, 0.05) is 12.1 Å². The number of piperazine rings is 1. The summed E-state index contributed by atoms with van der Waals surface area (Å²) in [5, 5.41) is 4.53. The summed E-state index contributed by atoms with van der Waals surface area (Å²) in [6, 6.07) is 11.8. The Morgan fingerprint density at radius 1 is 1.25 bits per heavy atom. The molecule has 1 aliphatic heterocycles. The average molecular weight is 242 g/mol. The number of benzene rings is 1. The van der Waals surface area contributed by atoms with Gasteiger partial charge in [-0.1, -0.05) is 30.3 Å². The Hall–Kier alpha value is 0.776. The fraction of sp³-hybridized carbons (Fsp3) is 0.538. The third-order valence-corrected chi connectivity index (χ3v) is 3.07. The van der Waals surface area contributed by atoms with Gasteiger partial charge in [-0.15, -0.1) is 13.1 Å². The molecule has 1 saturated heterocycles.